The number of rotatable bonds is 6. The highest BCUT2D eigenvalue weighted by Gasteiger charge is 2.24. The molecule has 1 aromatic heterocycles. The molecule has 0 aliphatic carbocycles. The molecule has 0 aliphatic heterocycles. The number of amides is 2. The summed E-state index contributed by atoms with van der Waals surface area (Å²) in [6.07, 6.45) is 0. The van der Waals surface area contributed by atoms with E-state index >= 15 is 0 Å². The summed E-state index contributed by atoms with van der Waals surface area (Å²) in [5, 5.41) is 7.93. The van der Waals surface area contributed by atoms with Crippen LogP contribution in [0.25, 0.3) is 0 Å². The molecule has 1 heterocycles. The number of carbonyl (C=O) groups excluding carboxylic acids is 2. The molecule has 29 heavy (non-hydrogen) atoms. The number of likely N-dealkylation sites (N-methyl/N-ethyl adjacent to an activating group) is 1. The summed E-state index contributed by atoms with van der Waals surface area (Å²) < 4.78 is 1.53. The number of halogens is 2. The van der Waals surface area contributed by atoms with Gasteiger partial charge in [-0.2, -0.15) is 5.10 Å². The Labute approximate surface area is 179 Å². The summed E-state index contributed by atoms with van der Waals surface area (Å²) in [6.45, 7) is 1.93. The van der Waals surface area contributed by atoms with Gasteiger partial charge in [-0.3, -0.25) is 9.59 Å². The van der Waals surface area contributed by atoms with Gasteiger partial charge in [0.1, 0.15) is 5.15 Å². The van der Waals surface area contributed by atoms with Crippen LogP contribution in [0.3, 0.4) is 0 Å². The van der Waals surface area contributed by atoms with Crippen LogP contribution in [0.2, 0.25) is 10.2 Å². The lowest BCUT2D eigenvalue weighted by molar-refractivity contribution is -0.116. The topological polar surface area (TPSA) is 67.2 Å². The van der Waals surface area contributed by atoms with Gasteiger partial charge in [0.15, 0.2) is 0 Å². The van der Waals surface area contributed by atoms with E-state index in [2.05, 4.69) is 10.4 Å². The van der Waals surface area contributed by atoms with Crippen molar-refractivity contribution in [3.8, 4) is 0 Å². The van der Waals surface area contributed by atoms with Crippen LogP contribution in [0, 0.1) is 6.92 Å². The number of carbonyl (C=O) groups is 2. The number of hydrogen-bond acceptors (Lipinski definition) is 3. The van der Waals surface area contributed by atoms with E-state index in [0.717, 1.165) is 5.56 Å². The van der Waals surface area contributed by atoms with E-state index in [9.17, 15) is 9.59 Å². The van der Waals surface area contributed by atoms with Crippen LogP contribution in [0.4, 0.5) is 5.69 Å². The number of para-hydroxylation sites is 1. The number of nitrogens with one attached hydrogen (secondary N) is 1. The molecule has 2 amide bonds. The smallest absolute Gasteiger partial charge is 0.259 e. The molecule has 0 saturated heterocycles. The Balaban J connectivity index is 1.72. The van der Waals surface area contributed by atoms with E-state index in [1.54, 1.807) is 32.2 Å². The first-order chi connectivity index (χ1) is 13.9. The summed E-state index contributed by atoms with van der Waals surface area (Å²) in [7, 11) is 1.55. The maximum Gasteiger partial charge on any atom is 0.259 e. The lowest BCUT2D eigenvalue weighted by atomic mass is 10.2. The van der Waals surface area contributed by atoms with Gasteiger partial charge in [0, 0.05) is 17.8 Å². The molecule has 2 aromatic carbocycles. The van der Waals surface area contributed by atoms with Crippen LogP contribution in [0.15, 0.2) is 54.6 Å². The monoisotopic (exact) mass is 430 g/mol. The minimum Gasteiger partial charge on any atom is -0.332 e. The van der Waals surface area contributed by atoms with Crippen molar-refractivity contribution >= 4 is 40.7 Å². The third kappa shape index (κ3) is 4.96. The van der Waals surface area contributed by atoms with Gasteiger partial charge in [0.2, 0.25) is 5.91 Å². The Morgan fingerprint density at radius 2 is 1.72 bits per heavy atom. The molecule has 0 bridgehead atoms. The number of hydrogen-bond donors (Lipinski definition) is 1. The average molecular weight is 431 g/mol. The molecule has 0 atom stereocenters. The molecular weight excluding hydrogens is 411 g/mol. The second-order valence-corrected chi connectivity index (χ2v) is 7.34. The van der Waals surface area contributed by atoms with Crippen LogP contribution in [-0.4, -0.2) is 40.1 Å². The third-order valence-electron chi connectivity index (χ3n) is 4.34. The average Bonchev–Trinajstić information content (AvgIpc) is 2.97. The van der Waals surface area contributed by atoms with Crippen molar-refractivity contribution in [2.45, 2.75) is 13.5 Å². The molecule has 3 rings (SSSR count). The fourth-order valence-corrected chi connectivity index (χ4v) is 3.40. The Kier molecular flexibility index (Phi) is 6.56. The third-order valence-corrected chi connectivity index (χ3v) is 5.10. The van der Waals surface area contributed by atoms with Crippen molar-refractivity contribution < 1.29 is 9.59 Å². The first kappa shape index (κ1) is 20.9. The minimum atomic E-state index is -0.374. The predicted octanol–water partition coefficient (Wildman–Crippen LogP) is 4.26. The molecule has 150 valence electrons. The number of benzene rings is 2. The molecule has 0 fully saturated rings. The van der Waals surface area contributed by atoms with Crippen LogP contribution in [0.1, 0.15) is 21.6 Å². The van der Waals surface area contributed by atoms with E-state index in [4.69, 9.17) is 23.2 Å². The van der Waals surface area contributed by atoms with Gasteiger partial charge < -0.3 is 10.2 Å². The minimum absolute atomic E-state index is 0.112. The molecule has 1 N–H and O–H groups in total. The van der Waals surface area contributed by atoms with Crippen molar-refractivity contribution in [1.29, 1.82) is 0 Å². The van der Waals surface area contributed by atoms with E-state index in [1.807, 2.05) is 36.4 Å². The number of anilines is 1. The normalized spacial score (nSPS) is 10.6. The zero-order valence-corrected chi connectivity index (χ0v) is 17.5. The van der Waals surface area contributed by atoms with Gasteiger partial charge in [-0.05, 0) is 30.7 Å². The highest BCUT2D eigenvalue weighted by molar-refractivity contribution is 6.33. The Hall–Kier alpha value is -2.83. The summed E-state index contributed by atoms with van der Waals surface area (Å²) in [5.74, 6) is -0.676. The fourth-order valence-electron chi connectivity index (χ4n) is 2.89. The molecule has 0 saturated carbocycles. The molecule has 8 heteroatoms. The lowest BCUT2D eigenvalue weighted by Gasteiger charge is -2.17. The van der Waals surface area contributed by atoms with E-state index in [-0.39, 0.29) is 29.1 Å². The molecule has 0 unspecified atom stereocenters. The van der Waals surface area contributed by atoms with Crippen molar-refractivity contribution in [3.63, 3.8) is 0 Å². The van der Waals surface area contributed by atoms with Gasteiger partial charge in [-0.25, -0.2) is 4.68 Å². The second-order valence-electron chi connectivity index (χ2n) is 6.58. The maximum atomic E-state index is 12.9. The first-order valence-corrected chi connectivity index (χ1v) is 9.69. The second kappa shape index (κ2) is 9.11. The van der Waals surface area contributed by atoms with Crippen molar-refractivity contribution in [2.75, 3.05) is 18.9 Å². The SMILES string of the molecule is Cc1nn(Cc2ccccc2Cl)c(Cl)c1C(=O)N(C)CC(=O)Nc1ccccc1. The fraction of sp³-hybridized carbons (Fsp3) is 0.190. The number of aromatic nitrogens is 2. The largest absolute Gasteiger partial charge is 0.332 e. The zero-order chi connectivity index (χ0) is 21.0. The molecule has 0 aliphatic rings. The van der Waals surface area contributed by atoms with Gasteiger partial charge in [0.05, 0.1) is 24.3 Å². The van der Waals surface area contributed by atoms with Crippen molar-refractivity contribution in [1.82, 2.24) is 14.7 Å². The van der Waals surface area contributed by atoms with Crippen LogP contribution in [-0.2, 0) is 11.3 Å². The quantitative estimate of drug-likeness (QED) is 0.635. The molecular formula is C21H20Cl2N4O2. The van der Waals surface area contributed by atoms with Crippen LogP contribution >= 0.6 is 23.2 Å². The highest BCUT2D eigenvalue weighted by Crippen LogP contribution is 2.24. The van der Waals surface area contributed by atoms with Gasteiger partial charge in [0.25, 0.3) is 5.91 Å². The molecule has 6 nitrogen and oxygen atoms in total. The van der Waals surface area contributed by atoms with Crippen LogP contribution in [0.5, 0.6) is 0 Å². The standard InChI is InChI=1S/C21H20Cl2N4O2/c1-14-19(20(23)27(25-14)12-15-8-6-7-11-17(15)22)21(29)26(2)13-18(28)24-16-9-4-3-5-10-16/h3-11H,12-13H2,1-2H3,(H,24,28). The summed E-state index contributed by atoms with van der Waals surface area (Å²) in [6, 6.07) is 16.4. The van der Waals surface area contributed by atoms with Crippen molar-refractivity contribution in [2.24, 2.45) is 0 Å². The Morgan fingerprint density at radius 3 is 2.41 bits per heavy atom. The maximum absolute atomic E-state index is 12.9. The predicted molar refractivity (Wildman–Crippen MR) is 115 cm³/mol. The van der Waals surface area contributed by atoms with Gasteiger partial charge in [-0.1, -0.05) is 59.6 Å². The first-order valence-electron chi connectivity index (χ1n) is 8.93. The van der Waals surface area contributed by atoms with E-state index in [1.165, 1.54) is 9.58 Å². The van der Waals surface area contributed by atoms with Gasteiger partial charge >= 0.3 is 0 Å². The number of aryl methyl sites for hydroxylation is 1. The Bertz CT molecular complexity index is 1030. The highest BCUT2D eigenvalue weighted by atomic mass is 35.5. The Morgan fingerprint density at radius 1 is 1.07 bits per heavy atom. The zero-order valence-electron chi connectivity index (χ0n) is 16.0. The van der Waals surface area contributed by atoms with E-state index < -0.39 is 0 Å². The summed E-state index contributed by atoms with van der Waals surface area (Å²) in [4.78, 5) is 26.4. The van der Waals surface area contributed by atoms with Gasteiger partial charge in [-0.15, -0.1) is 0 Å². The number of nitrogens with zero attached hydrogens (tertiary/aromatic N) is 3. The summed E-state index contributed by atoms with van der Waals surface area (Å²) >= 11 is 12.7. The molecule has 3 aromatic rings. The molecule has 0 spiro atoms. The molecule has 0 radical (unpaired) electrons. The summed E-state index contributed by atoms with van der Waals surface area (Å²) in [5.41, 5.74) is 2.27. The van der Waals surface area contributed by atoms with E-state index in [0.29, 0.717) is 22.9 Å². The van der Waals surface area contributed by atoms with Crippen LogP contribution < -0.4 is 5.32 Å². The lowest BCUT2D eigenvalue weighted by Crippen LogP contribution is -2.35. The van der Waals surface area contributed by atoms with Crippen molar-refractivity contribution in [3.05, 3.63) is 81.6 Å².